The van der Waals surface area contributed by atoms with Crippen LogP contribution < -0.4 is 15.3 Å². The van der Waals surface area contributed by atoms with E-state index >= 15 is 0 Å². The Labute approximate surface area is 197 Å². The molecule has 0 N–H and O–H groups in total. The quantitative estimate of drug-likeness (QED) is 0.272. The third kappa shape index (κ3) is 4.89. The van der Waals surface area contributed by atoms with Gasteiger partial charge < -0.3 is 14.1 Å². The molecule has 33 heavy (non-hydrogen) atoms. The van der Waals surface area contributed by atoms with Gasteiger partial charge in [-0.3, -0.25) is 4.90 Å². The molecule has 6 nitrogen and oxygen atoms in total. The number of aryl methyl sites for hydroxylation is 1. The van der Waals surface area contributed by atoms with Gasteiger partial charge in [0.05, 0.1) is 11.3 Å². The molecule has 4 aromatic rings. The van der Waals surface area contributed by atoms with Crippen molar-refractivity contribution in [2.75, 3.05) is 44.2 Å². The van der Waals surface area contributed by atoms with Gasteiger partial charge in [-0.1, -0.05) is 19.1 Å². The molecule has 172 valence electrons. The van der Waals surface area contributed by atoms with Crippen molar-refractivity contribution in [2.24, 2.45) is 0 Å². The van der Waals surface area contributed by atoms with Gasteiger partial charge in [0.1, 0.15) is 17.2 Å². The summed E-state index contributed by atoms with van der Waals surface area (Å²) in [6, 6.07) is 15.8. The van der Waals surface area contributed by atoms with Crippen LogP contribution in [-0.4, -0.2) is 48.6 Å². The zero-order valence-electron chi connectivity index (χ0n) is 19.0. The summed E-state index contributed by atoms with van der Waals surface area (Å²) in [6.45, 7) is 7.96. The van der Waals surface area contributed by atoms with Crippen LogP contribution in [0.1, 0.15) is 25.3 Å². The summed E-state index contributed by atoms with van der Waals surface area (Å²) in [5.74, 6) is 1.89. The lowest BCUT2D eigenvalue weighted by Crippen LogP contribution is -2.46. The normalized spacial score (nSPS) is 14.9. The molecule has 0 saturated carbocycles. The van der Waals surface area contributed by atoms with Crippen LogP contribution in [0.25, 0.3) is 21.1 Å². The highest BCUT2D eigenvalue weighted by atomic mass is 32.1. The number of fused-ring (bicyclic) bond motifs is 2. The number of nitrogens with zero attached hydrogens (tertiary/aromatic N) is 3. The molecule has 0 radical (unpaired) electrons. The molecule has 1 saturated heterocycles. The van der Waals surface area contributed by atoms with Gasteiger partial charge in [-0.05, 0) is 67.2 Å². The molecule has 0 bridgehead atoms. The predicted molar refractivity (Wildman–Crippen MR) is 135 cm³/mol. The van der Waals surface area contributed by atoms with Gasteiger partial charge in [0.2, 0.25) is 0 Å². The van der Waals surface area contributed by atoms with Gasteiger partial charge in [-0.25, -0.2) is 4.79 Å². The Balaban J connectivity index is 1.06. The van der Waals surface area contributed by atoms with E-state index in [0.717, 1.165) is 74.5 Å². The molecule has 7 heteroatoms. The van der Waals surface area contributed by atoms with Crippen LogP contribution in [0, 0.1) is 0 Å². The van der Waals surface area contributed by atoms with E-state index < -0.39 is 0 Å². The van der Waals surface area contributed by atoms with Crippen molar-refractivity contribution in [2.45, 2.75) is 26.2 Å². The lowest BCUT2D eigenvalue weighted by Gasteiger charge is -2.35. The van der Waals surface area contributed by atoms with Crippen molar-refractivity contribution in [3.05, 3.63) is 64.5 Å². The van der Waals surface area contributed by atoms with Crippen LogP contribution in [0.2, 0.25) is 0 Å². The van der Waals surface area contributed by atoms with Crippen LogP contribution >= 0.6 is 11.5 Å². The Bertz CT molecular complexity index is 1290. The Hall–Kier alpha value is -2.90. The number of unbranched alkanes of at least 4 members (excludes halogenated alkanes) is 1. The van der Waals surface area contributed by atoms with Gasteiger partial charge in [0, 0.05) is 49.1 Å². The minimum atomic E-state index is -0.306. The molecule has 0 unspecified atom stereocenters. The van der Waals surface area contributed by atoms with E-state index in [9.17, 15) is 4.79 Å². The summed E-state index contributed by atoms with van der Waals surface area (Å²) in [7, 11) is 0. The number of aromatic nitrogens is 1. The summed E-state index contributed by atoms with van der Waals surface area (Å²) in [5.41, 5.74) is 1.30. The number of ether oxygens (including phenoxy) is 1. The van der Waals surface area contributed by atoms with E-state index in [1.54, 1.807) is 17.6 Å². The molecule has 3 heterocycles. The Morgan fingerprint density at radius 1 is 1.03 bits per heavy atom. The lowest BCUT2D eigenvalue weighted by molar-refractivity contribution is 0.238. The van der Waals surface area contributed by atoms with Crippen molar-refractivity contribution in [3.8, 4) is 5.75 Å². The van der Waals surface area contributed by atoms with Crippen LogP contribution in [0.15, 0.2) is 57.7 Å². The molecule has 5 rings (SSSR count). The number of hydrogen-bond donors (Lipinski definition) is 0. The first-order valence-electron chi connectivity index (χ1n) is 11.7. The fourth-order valence-corrected chi connectivity index (χ4v) is 5.30. The second-order valence-corrected chi connectivity index (χ2v) is 9.29. The van der Waals surface area contributed by atoms with Crippen molar-refractivity contribution in [3.63, 3.8) is 0 Å². The van der Waals surface area contributed by atoms with Crippen LogP contribution in [-0.2, 0) is 6.42 Å². The molecule has 1 aliphatic rings. The first-order valence-corrected chi connectivity index (χ1v) is 12.5. The van der Waals surface area contributed by atoms with Gasteiger partial charge in [-0.2, -0.15) is 4.37 Å². The molecule has 0 amide bonds. The Kier molecular flexibility index (Phi) is 6.60. The highest BCUT2D eigenvalue weighted by Crippen LogP contribution is 2.30. The largest absolute Gasteiger partial charge is 0.493 e. The van der Waals surface area contributed by atoms with Gasteiger partial charge in [0.25, 0.3) is 0 Å². The maximum Gasteiger partial charge on any atom is 0.336 e. The third-order valence-electron chi connectivity index (χ3n) is 6.35. The SMILES string of the molecule is CCc1cc(=O)oc2cc(OCCCCN3CCN(c4nsc5ccccc45)CC3)ccc12. The number of hydrogen-bond acceptors (Lipinski definition) is 7. The number of rotatable bonds is 8. The monoisotopic (exact) mass is 463 g/mol. The van der Waals surface area contributed by atoms with E-state index in [1.807, 2.05) is 25.1 Å². The van der Waals surface area contributed by atoms with Crippen molar-refractivity contribution >= 4 is 38.4 Å². The predicted octanol–water partition coefficient (Wildman–Crippen LogP) is 4.95. The van der Waals surface area contributed by atoms with E-state index in [-0.39, 0.29) is 5.63 Å². The average Bonchev–Trinajstić information content (AvgIpc) is 3.27. The van der Waals surface area contributed by atoms with Crippen molar-refractivity contribution in [1.82, 2.24) is 9.27 Å². The van der Waals surface area contributed by atoms with E-state index in [0.29, 0.717) is 12.2 Å². The standard InChI is InChI=1S/C26H29N3O3S/c1-2-19-17-25(30)32-23-18-20(9-10-21(19)23)31-16-6-5-11-28-12-14-29(15-13-28)26-22-7-3-4-8-24(22)33-27-26/h3-4,7-10,17-18H,2,5-6,11-16H2,1H3. The Morgan fingerprint density at radius 3 is 2.73 bits per heavy atom. The van der Waals surface area contributed by atoms with Gasteiger partial charge >= 0.3 is 5.63 Å². The van der Waals surface area contributed by atoms with Crippen LogP contribution in [0.3, 0.4) is 0 Å². The number of piperazine rings is 1. The molecule has 0 spiro atoms. The lowest BCUT2D eigenvalue weighted by atomic mass is 10.1. The molecule has 1 fully saturated rings. The minimum absolute atomic E-state index is 0.306. The third-order valence-corrected chi connectivity index (χ3v) is 7.17. The van der Waals surface area contributed by atoms with Crippen molar-refractivity contribution < 1.29 is 9.15 Å². The molecule has 2 aromatic carbocycles. The van der Waals surface area contributed by atoms with Gasteiger partial charge in [-0.15, -0.1) is 0 Å². The highest BCUT2D eigenvalue weighted by Gasteiger charge is 2.20. The number of benzene rings is 2. The topological polar surface area (TPSA) is 58.8 Å². The number of anilines is 1. The van der Waals surface area contributed by atoms with Gasteiger partial charge in [0.15, 0.2) is 0 Å². The summed E-state index contributed by atoms with van der Waals surface area (Å²) >= 11 is 1.59. The maximum absolute atomic E-state index is 11.8. The Morgan fingerprint density at radius 2 is 1.88 bits per heavy atom. The summed E-state index contributed by atoms with van der Waals surface area (Å²) in [5, 5.41) is 2.25. The average molecular weight is 464 g/mol. The van der Waals surface area contributed by atoms with E-state index in [2.05, 4.69) is 34.1 Å². The zero-order valence-corrected chi connectivity index (χ0v) is 19.8. The van der Waals surface area contributed by atoms with Crippen LogP contribution in [0.4, 0.5) is 5.82 Å². The molecule has 1 aliphatic heterocycles. The first kappa shape index (κ1) is 21.9. The fourth-order valence-electron chi connectivity index (χ4n) is 4.50. The molecule has 0 atom stereocenters. The second-order valence-electron chi connectivity index (χ2n) is 8.49. The second kappa shape index (κ2) is 9.93. The fraction of sp³-hybridized carbons (Fsp3) is 0.385. The maximum atomic E-state index is 11.8. The van der Waals surface area contributed by atoms with E-state index in [4.69, 9.17) is 13.5 Å². The summed E-state index contributed by atoms with van der Waals surface area (Å²) in [4.78, 5) is 16.7. The molecule has 0 aliphatic carbocycles. The molecular formula is C26H29N3O3S. The minimum Gasteiger partial charge on any atom is -0.493 e. The molecular weight excluding hydrogens is 434 g/mol. The van der Waals surface area contributed by atoms with Crippen LogP contribution in [0.5, 0.6) is 5.75 Å². The molecule has 2 aromatic heterocycles. The summed E-state index contributed by atoms with van der Waals surface area (Å²) in [6.07, 6.45) is 2.90. The van der Waals surface area contributed by atoms with Crippen molar-refractivity contribution in [1.29, 1.82) is 0 Å². The first-order chi connectivity index (χ1) is 16.2. The van der Waals surface area contributed by atoms with E-state index in [1.165, 1.54) is 10.1 Å². The summed E-state index contributed by atoms with van der Waals surface area (Å²) < 4.78 is 17.2. The smallest absolute Gasteiger partial charge is 0.336 e. The highest BCUT2D eigenvalue weighted by molar-refractivity contribution is 7.13. The zero-order chi connectivity index (χ0) is 22.6.